The standard InChI is InChI=1S/C12H12BrFN2O2/c13-11-2-1-8(6-15-11)3-9(5-14)16-10-4-12(17)18-7-10/h1-2,4,6,9,16H,3,5,7H2. The molecule has 0 saturated heterocycles. The average Bonchev–Trinajstić information content (AvgIpc) is 2.77. The van der Waals surface area contributed by atoms with Gasteiger partial charge in [-0.15, -0.1) is 0 Å². The number of esters is 1. The molecule has 0 aromatic carbocycles. The number of ether oxygens (including phenoxy) is 1. The van der Waals surface area contributed by atoms with Crippen LogP contribution in [0.5, 0.6) is 0 Å². The minimum Gasteiger partial charge on any atom is -0.456 e. The molecule has 96 valence electrons. The molecule has 4 nitrogen and oxygen atoms in total. The van der Waals surface area contributed by atoms with Gasteiger partial charge in [0, 0.05) is 12.3 Å². The Morgan fingerprint density at radius 2 is 2.39 bits per heavy atom. The van der Waals surface area contributed by atoms with Gasteiger partial charge in [0.2, 0.25) is 0 Å². The Kier molecular flexibility index (Phi) is 4.30. The summed E-state index contributed by atoms with van der Waals surface area (Å²) in [5.41, 5.74) is 1.55. The first kappa shape index (κ1) is 13.0. The maximum atomic E-state index is 12.9. The van der Waals surface area contributed by atoms with Crippen LogP contribution in [0.15, 0.2) is 34.7 Å². The zero-order valence-corrected chi connectivity index (χ0v) is 11.1. The summed E-state index contributed by atoms with van der Waals surface area (Å²) in [6.45, 7) is -0.338. The molecule has 0 spiro atoms. The number of nitrogens with one attached hydrogen (secondary N) is 1. The van der Waals surface area contributed by atoms with E-state index in [0.29, 0.717) is 12.1 Å². The van der Waals surface area contributed by atoms with E-state index in [0.717, 1.165) is 10.2 Å². The molecule has 6 heteroatoms. The first-order valence-corrected chi connectivity index (χ1v) is 6.27. The number of nitrogens with zero attached hydrogens (tertiary/aromatic N) is 1. The van der Waals surface area contributed by atoms with Crippen LogP contribution in [0.25, 0.3) is 0 Å². The van der Waals surface area contributed by atoms with Gasteiger partial charge >= 0.3 is 5.97 Å². The van der Waals surface area contributed by atoms with Crippen LogP contribution < -0.4 is 5.32 Å². The molecule has 2 rings (SSSR count). The summed E-state index contributed by atoms with van der Waals surface area (Å²) in [7, 11) is 0. The highest BCUT2D eigenvalue weighted by atomic mass is 79.9. The SMILES string of the molecule is O=C1C=C(NC(CF)Cc2ccc(Br)nc2)CO1. The minimum absolute atomic E-state index is 0.188. The molecule has 1 aliphatic rings. The van der Waals surface area contributed by atoms with Crippen LogP contribution in [0.2, 0.25) is 0 Å². The predicted molar refractivity (Wildman–Crippen MR) is 67.6 cm³/mol. The quantitative estimate of drug-likeness (QED) is 0.664. The van der Waals surface area contributed by atoms with Crippen LogP contribution in [0.3, 0.4) is 0 Å². The third kappa shape index (κ3) is 3.53. The van der Waals surface area contributed by atoms with Crippen molar-refractivity contribution in [3.05, 3.63) is 40.3 Å². The maximum absolute atomic E-state index is 12.9. The van der Waals surface area contributed by atoms with E-state index in [-0.39, 0.29) is 18.6 Å². The van der Waals surface area contributed by atoms with Crippen molar-refractivity contribution in [3.8, 4) is 0 Å². The molecule has 1 atom stereocenters. The third-order valence-electron chi connectivity index (χ3n) is 2.51. The highest BCUT2D eigenvalue weighted by Gasteiger charge is 2.17. The molecular formula is C12H12BrFN2O2. The van der Waals surface area contributed by atoms with Crippen LogP contribution in [0.1, 0.15) is 5.56 Å². The number of cyclic esters (lactones) is 1. The Bertz CT molecular complexity index is 462. The highest BCUT2D eigenvalue weighted by Crippen LogP contribution is 2.10. The van der Waals surface area contributed by atoms with Gasteiger partial charge in [-0.25, -0.2) is 14.2 Å². The van der Waals surface area contributed by atoms with Gasteiger partial charge in [-0.05, 0) is 34.0 Å². The van der Waals surface area contributed by atoms with Crippen molar-refractivity contribution in [3.63, 3.8) is 0 Å². The summed E-state index contributed by atoms with van der Waals surface area (Å²) in [6.07, 6.45) is 3.55. The van der Waals surface area contributed by atoms with E-state index in [4.69, 9.17) is 4.74 Å². The van der Waals surface area contributed by atoms with Gasteiger partial charge in [-0.2, -0.15) is 0 Å². The summed E-state index contributed by atoms with van der Waals surface area (Å²) in [6, 6.07) is 3.31. The molecule has 0 aliphatic carbocycles. The lowest BCUT2D eigenvalue weighted by Gasteiger charge is -2.16. The normalized spacial score (nSPS) is 16.1. The lowest BCUT2D eigenvalue weighted by Crippen LogP contribution is -2.33. The van der Waals surface area contributed by atoms with Crippen molar-refractivity contribution in [1.82, 2.24) is 10.3 Å². The monoisotopic (exact) mass is 314 g/mol. The molecule has 0 fully saturated rings. The lowest BCUT2D eigenvalue weighted by molar-refractivity contribution is -0.134. The van der Waals surface area contributed by atoms with Gasteiger partial charge < -0.3 is 10.1 Å². The van der Waals surface area contributed by atoms with Crippen molar-refractivity contribution in [1.29, 1.82) is 0 Å². The maximum Gasteiger partial charge on any atom is 0.333 e. The number of rotatable bonds is 5. The minimum atomic E-state index is -0.526. The fourth-order valence-corrected chi connectivity index (χ4v) is 1.91. The highest BCUT2D eigenvalue weighted by molar-refractivity contribution is 9.10. The Morgan fingerprint density at radius 3 is 2.94 bits per heavy atom. The average molecular weight is 315 g/mol. The molecule has 0 radical (unpaired) electrons. The fraction of sp³-hybridized carbons (Fsp3) is 0.333. The number of aromatic nitrogens is 1. The van der Waals surface area contributed by atoms with Crippen molar-refractivity contribution < 1.29 is 13.9 Å². The Balaban J connectivity index is 1.95. The van der Waals surface area contributed by atoms with E-state index < -0.39 is 6.67 Å². The van der Waals surface area contributed by atoms with Crippen LogP contribution in [-0.4, -0.2) is 30.3 Å². The molecule has 0 saturated carbocycles. The molecule has 1 aliphatic heterocycles. The number of carbonyl (C=O) groups is 1. The second-order valence-electron chi connectivity index (χ2n) is 3.97. The third-order valence-corrected chi connectivity index (χ3v) is 2.98. The number of carbonyl (C=O) groups excluding carboxylic acids is 1. The number of halogens is 2. The van der Waals surface area contributed by atoms with Crippen LogP contribution in [0.4, 0.5) is 4.39 Å². The summed E-state index contributed by atoms with van der Waals surface area (Å²) in [5.74, 6) is -0.389. The topological polar surface area (TPSA) is 51.2 Å². The molecule has 1 unspecified atom stereocenters. The van der Waals surface area contributed by atoms with Crippen molar-refractivity contribution in [2.75, 3.05) is 13.3 Å². The number of hydrogen-bond donors (Lipinski definition) is 1. The van der Waals surface area contributed by atoms with Crippen LogP contribution in [0, 0.1) is 0 Å². The summed E-state index contributed by atoms with van der Waals surface area (Å²) >= 11 is 3.24. The molecule has 2 heterocycles. The summed E-state index contributed by atoms with van der Waals surface area (Å²) in [4.78, 5) is 15.0. The summed E-state index contributed by atoms with van der Waals surface area (Å²) in [5, 5.41) is 2.96. The van der Waals surface area contributed by atoms with Gasteiger partial charge in [0.05, 0.1) is 11.7 Å². The first-order chi connectivity index (χ1) is 8.67. The van der Waals surface area contributed by atoms with E-state index >= 15 is 0 Å². The number of alkyl halides is 1. The van der Waals surface area contributed by atoms with Gasteiger partial charge in [-0.3, -0.25) is 0 Å². The number of pyridine rings is 1. The van der Waals surface area contributed by atoms with E-state index in [1.54, 1.807) is 6.20 Å². The van der Waals surface area contributed by atoms with Crippen molar-refractivity contribution in [2.24, 2.45) is 0 Å². The van der Waals surface area contributed by atoms with Gasteiger partial charge in [0.1, 0.15) is 17.9 Å². The molecule has 1 aromatic heterocycles. The Hall–Kier alpha value is -1.43. The smallest absolute Gasteiger partial charge is 0.333 e. The molecular weight excluding hydrogens is 303 g/mol. The van der Waals surface area contributed by atoms with Crippen LogP contribution in [-0.2, 0) is 16.0 Å². The molecule has 18 heavy (non-hydrogen) atoms. The second kappa shape index (κ2) is 5.95. The van der Waals surface area contributed by atoms with Gasteiger partial charge in [0.15, 0.2) is 0 Å². The zero-order valence-electron chi connectivity index (χ0n) is 9.53. The van der Waals surface area contributed by atoms with E-state index in [9.17, 15) is 9.18 Å². The fourth-order valence-electron chi connectivity index (χ4n) is 1.68. The molecule has 1 aromatic rings. The Morgan fingerprint density at radius 1 is 1.56 bits per heavy atom. The zero-order chi connectivity index (χ0) is 13.0. The van der Waals surface area contributed by atoms with E-state index in [1.165, 1.54) is 6.08 Å². The molecule has 0 bridgehead atoms. The largest absolute Gasteiger partial charge is 0.456 e. The Labute approximate surface area is 112 Å². The van der Waals surface area contributed by atoms with Gasteiger partial charge in [-0.1, -0.05) is 6.07 Å². The number of hydrogen-bond acceptors (Lipinski definition) is 4. The van der Waals surface area contributed by atoms with Crippen molar-refractivity contribution >= 4 is 21.9 Å². The molecule has 1 N–H and O–H groups in total. The first-order valence-electron chi connectivity index (χ1n) is 5.47. The predicted octanol–water partition coefficient (Wildman–Crippen LogP) is 1.75. The van der Waals surface area contributed by atoms with Gasteiger partial charge in [0.25, 0.3) is 0 Å². The van der Waals surface area contributed by atoms with E-state index in [1.807, 2.05) is 12.1 Å². The van der Waals surface area contributed by atoms with E-state index in [2.05, 4.69) is 26.2 Å². The lowest BCUT2D eigenvalue weighted by atomic mass is 10.1. The van der Waals surface area contributed by atoms with Crippen LogP contribution >= 0.6 is 15.9 Å². The second-order valence-corrected chi connectivity index (χ2v) is 4.78. The summed E-state index contributed by atoms with van der Waals surface area (Å²) < 4.78 is 18.4. The van der Waals surface area contributed by atoms with Crippen molar-refractivity contribution in [2.45, 2.75) is 12.5 Å². The molecule has 0 amide bonds.